The van der Waals surface area contributed by atoms with Gasteiger partial charge in [0.1, 0.15) is 38.4 Å². The van der Waals surface area contributed by atoms with Crippen LogP contribution in [0.5, 0.6) is 5.75 Å². The van der Waals surface area contributed by atoms with Gasteiger partial charge in [0.05, 0.1) is 24.1 Å². The quantitative estimate of drug-likeness (QED) is 0.406. The third-order valence-electron chi connectivity index (χ3n) is 4.86. The molecule has 0 spiro atoms. The molecule has 0 atom stereocenters. The van der Waals surface area contributed by atoms with Crippen LogP contribution < -0.4 is 10.1 Å². The summed E-state index contributed by atoms with van der Waals surface area (Å²) in [6.45, 7) is 1.79. The molecule has 0 saturated carbocycles. The lowest BCUT2D eigenvalue weighted by Gasteiger charge is -2.11. The zero-order chi connectivity index (χ0) is 23.6. The maximum Gasteiger partial charge on any atom is 0.254 e. The molecular weight excluding hydrogens is 451 g/mol. The Hall–Kier alpha value is -3.73. The molecule has 0 amide bonds. The average Bonchev–Trinajstić information content (AvgIpc) is 3.41. The highest BCUT2D eigenvalue weighted by molar-refractivity contribution is 7.90. The summed E-state index contributed by atoms with van der Waals surface area (Å²) in [6.07, 6.45) is 1.11. The number of nitrogens with one attached hydrogen (secondary N) is 1. The second-order valence-electron chi connectivity index (χ2n) is 7.33. The fourth-order valence-electron chi connectivity index (χ4n) is 3.25. The maximum atomic E-state index is 14.7. The van der Waals surface area contributed by atoms with E-state index in [0.29, 0.717) is 17.0 Å². The number of ether oxygens (including phenoxy) is 1. The average molecular weight is 472 g/mol. The van der Waals surface area contributed by atoms with Crippen molar-refractivity contribution in [1.29, 1.82) is 0 Å². The van der Waals surface area contributed by atoms with E-state index in [1.54, 1.807) is 6.92 Å². The zero-order valence-corrected chi connectivity index (χ0v) is 18.9. The highest BCUT2D eigenvalue weighted by Crippen LogP contribution is 2.38. The summed E-state index contributed by atoms with van der Waals surface area (Å²) in [7, 11) is -1.76. The number of anilines is 1. The van der Waals surface area contributed by atoms with E-state index in [-0.39, 0.29) is 41.1 Å². The highest BCUT2D eigenvalue weighted by atomic mass is 32.2. The molecule has 172 valence electrons. The van der Waals surface area contributed by atoms with E-state index in [0.717, 1.165) is 11.8 Å². The number of nitrogens with zero attached hydrogens (tertiary/aromatic N) is 3. The van der Waals surface area contributed by atoms with Gasteiger partial charge in [-0.05, 0) is 13.0 Å². The predicted octanol–water partition coefficient (Wildman–Crippen LogP) is 3.97. The van der Waals surface area contributed by atoms with Crippen molar-refractivity contribution in [1.82, 2.24) is 15.4 Å². The second-order valence-corrected chi connectivity index (χ2v) is 9.59. The van der Waals surface area contributed by atoms with Crippen LogP contribution >= 0.6 is 0 Å². The van der Waals surface area contributed by atoms with Crippen molar-refractivity contribution in [3.63, 3.8) is 0 Å². The third kappa shape index (κ3) is 4.87. The van der Waals surface area contributed by atoms with Crippen LogP contribution in [0.4, 0.5) is 10.1 Å². The number of aromatic nitrogens is 3. The molecule has 0 aliphatic heterocycles. The molecule has 11 heteroatoms. The summed E-state index contributed by atoms with van der Waals surface area (Å²) in [4.78, 5) is 0. The van der Waals surface area contributed by atoms with Gasteiger partial charge in [0.2, 0.25) is 0 Å². The number of rotatable bonds is 8. The highest BCUT2D eigenvalue weighted by Gasteiger charge is 2.24. The van der Waals surface area contributed by atoms with Crippen molar-refractivity contribution >= 4 is 15.5 Å². The van der Waals surface area contributed by atoms with Gasteiger partial charge >= 0.3 is 0 Å². The SMILES string of the molecule is COc1cc(NCCS(C)(=O)=O)c(F)cc1-c1nnc(-c2c(-c3ccccc3)noc2C)o1. The monoisotopic (exact) mass is 472 g/mol. The van der Waals surface area contributed by atoms with E-state index in [4.69, 9.17) is 13.7 Å². The molecule has 0 aliphatic rings. The van der Waals surface area contributed by atoms with E-state index in [1.807, 2.05) is 30.3 Å². The van der Waals surface area contributed by atoms with Crippen molar-refractivity contribution in [2.24, 2.45) is 0 Å². The molecule has 2 aromatic heterocycles. The largest absolute Gasteiger partial charge is 0.496 e. The summed E-state index contributed by atoms with van der Waals surface area (Å²) in [6, 6.07) is 12.0. The molecule has 0 bridgehead atoms. The Morgan fingerprint density at radius 2 is 1.85 bits per heavy atom. The molecule has 2 heterocycles. The zero-order valence-electron chi connectivity index (χ0n) is 18.1. The van der Waals surface area contributed by atoms with Gasteiger partial charge in [-0.15, -0.1) is 10.2 Å². The van der Waals surface area contributed by atoms with E-state index in [2.05, 4.69) is 20.7 Å². The van der Waals surface area contributed by atoms with E-state index in [9.17, 15) is 12.8 Å². The molecule has 4 aromatic rings. The topological polar surface area (TPSA) is 120 Å². The first-order valence-corrected chi connectivity index (χ1v) is 12.0. The third-order valence-corrected chi connectivity index (χ3v) is 5.80. The van der Waals surface area contributed by atoms with Crippen molar-refractivity contribution in [3.05, 3.63) is 54.0 Å². The summed E-state index contributed by atoms with van der Waals surface area (Å²) < 4.78 is 53.9. The first kappa shape index (κ1) is 22.5. The van der Waals surface area contributed by atoms with Gasteiger partial charge < -0.3 is 19.0 Å². The molecular formula is C22H21FN4O5S. The first-order valence-electron chi connectivity index (χ1n) is 9.92. The van der Waals surface area contributed by atoms with Crippen LogP contribution in [-0.4, -0.2) is 49.4 Å². The predicted molar refractivity (Wildman–Crippen MR) is 120 cm³/mol. The Bertz CT molecular complexity index is 1380. The van der Waals surface area contributed by atoms with E-state index >= 15 is 0 Å². The van der Waals surface area contributed by atoms with Crippen molar-refractivity contribution in [2.45, 2.75) is 6.92 Å². The Balaban J connectivity index is 1.67. The molecule has 33 heavy (non-hydrogen) atoms. The lowest BCUT2D eigenvalue weighted by Crippen LogP contribution is -2.14. The Kier molecular flexibility index (Phi) is 6.14. The Morgan fingerprint density at radius 3 is 2.55 bits per heavy atom. The fraction of sp³-hybridized carbons (Fsp3) is 0.227. The van der Waals surface area contributed by atoms with Crippen LogP contribution in [0.3, 0.4) is 0 Å². The minimum atomic E-state index is -3.18. The normalized spacial score (nSPS) is 11.5. The minimum Gasteiger partial charge on any atom is -0.496 e. The molecule has 0 unspecified atom stereocenters. The molecule has 0 aliphatic carbocycles. The lowest BCUT2D eigenvalue weighted by atomic mass is 10.1. The smallest absolute Gasteiger partial charge is 0.254 e. The van der Waals surface area contributed by atoms with Crippen molar-refractivity contribution in [3.8, 4) is 39.9 Å². The molecule has 0 fully saturated rings. The second kappa shape index (κ2) is 9.02. The Labute approximate surface area is 189 Å². The first-order chi connectivity index (χ1) is 15.8. The Morgan fingerprint density at radius 1 is 1.12 bits per heavy atom. The summed E-state index contributed by atoms with van der Waals surface area (Å²) in [5.74, 6) is 0.228. The molecule has 0 radical (unpaired) electrons. The molecule has 0 saturated heterocycles. The van der Waals surface area contributed by atoms with Crippen LogP contribution in [0.15, 0.2) is 51.4 Å². The van der Waals surface area contributed by atoms with Crippen LogP contribution in [0.25, 0.3) is 34.2 Å². The van der Waals surface area contributed by atoms with Gasteiger partial charge in [-0.2, -0.15) is 0 Å². The lowest BCUT2D eigenvalue weighted by molar-refractivity contribution is 0.399. The number of methoxy groups -OCH3 is 1. The molecule has 2 aromatic carbocycles. The maximum absolute atomic E-state index is 14.7. The van der Waals surface area contributed by atoms with Gasteiger partial charge in [-0.3, -0.25) is 0 Å². The van der Waals surface area contributed by atoms with Gasteiger partial charge in [0.15, 0.2) is 0 Å². The van der Waals surface area contributed by atoms with Gasteiger partial charge in [-0.1, -0.05) is 35.5 Å². The number of halogens is 1. The van der Waals surface area contributed by atoms with Gasteiger partial charge in [0, 0.05) is 24.4 Å². The number of hydrogen-bond acceptors (Lipinski definition) is 9. The van der Waals surface area contributed by atoms with Crippen LogP contribution in [0.2, 0.25) is 0 Å². The van der Waals surface area contributed by atoms with Gasteiger partial charge in [-0.25, -0.2) is 12.8 Å². The van der Waals surface area contributed by atoms with E-state index in [1.165, 1.54) is 19.2 Å². The standard InChI is InChI=1S/C22H21FN4O5S/c1-13-19(20(27-32-13)14-7-5-4-6-8-14)22-26-25-21(31-22)15-11-16(23)17(12-18(15)30-2)24-9-10-33(3,28)29/h4-8,11-12,24H,9-10H2,1-3H3. The number of hydrogen-bond donors (Lipinski definition) is 1. The molecule has 9 nitrogen and oxygen atoms in total. The number of aryl methyl sites for hydroxylation is 1. The van der Waals surface area contributed by atoms with Crippen LogP contribution in [-0.2, 0) is 9.84 Å². The molecule has 4 rings (SSSR count). The minimum absolute atomic E-state index is 0.0445. The van der Waals surface area contributed by atoms with Crippen LogP contribution in [0, 0.1) is 12.7 Å². The van der Waals surface area contributed by atoms with Crippen LogP contribution in [0.1, 0.15) is 5.76 Å². The fourth-order valence-corrected chi connectivity index (χ4v) is 3.72. The van der Waals surface area contributed by atoms with Gasteiger partial charge in [0.25, 0.3) is 11.8 Å². The number of benzene rings is 2. The van der Waals surface area contributed by atoms with Crippen molar-refractivity contribution < 1.29 is 26.5 Å². The summed E-state index contributed by atoms with van der Waals surface area (Å²) in [5, 5.41) is 15.0. The van der Waals surface area contributed by atoms with E-state index < -0.39 is 15.7 Å². The summed E-state index contributed by atoms with van der Waals surface area (Å²) >= 11 is 0. The van der Waals surface area contributed by atoms with Crippen molar-refractivity contribution in [2.75, 3.05) is 31.0 Å². The molecule has 1 N–H and O–H groups in total. The summed E-state index contributed by atoms with van der Waals surface area (Å²) in [5.41, 5.74) is 2.25. The number of sulfone groups is 1.